The molecule has 0 aliphatic heterocycles. The number of hydrogen-bond donors (Lipinski definition) is 1. The molecule has 4 heteroatoms. The number of benzene rings is 1. The van der Waals surface area contributed by atoms with Crippen molar-refractivity contribution in [3.63, 3.8) is 0 Å². The van der Waals surface area contributed by atoms with E-state index in [1.807, 2.05) is 44.2 Å². The lowest BCUT2D eigenvalue weighted by Gasteiger charge is -2.05. The van der Waals surface area contributed by atoms with E-state index in [1.54, 1.807) is 11.8 Å². The van der Waals surface area contributed by atoms with Crippen LogP contribution in [0.3, 0.4) is 0 Å². The normalized spacial score (nSPS) is 9.80. The van der Waals surface area contributed by atoms with E-state index in [4.69, 9.17) is 10.5 Å². The Morgan fingerprint density at radius 3 is 2.40 bits per heavy atom. The number of nitrogens with zero attached hydrogens (tertiary/aromatic N) is 2. The molecule has 0 aliphatic carbocycles. The molecule has 4 nitrogen and oxygen atoms in total. The molecule has 1 aromatic carbocycles. The van der Waals surface area contributed by atoms with Crippen molar-refractivity contribution in [3.05, 3.63) is 36.0 Å². The zero-order valence-corrected chi connectivity index (χ0v) is 12.9. The number of hydrogen-bond acceptors (Lipinski definition) is 3. The average Bonchev–Trinajstić information content (AvgIpc) is 2.88. The molecule has 0 bridgehead atoms. The van der Waals surface area contributed by atoms with Crippen LogP contribution in [0.25, 0.3) is 5.69 Å². The summed E-state index contributed by atoms with van der Waals surface area (Å²) in [5.41, 5.74) is 7.99. The number of nitrogens with two attached hydrogens (primary N) is 1. The van der Waals surface area contributed by atoms with E-state index in [2.05, 4.69) is 12.0 Å². The molecule has 2 N–H and O–H groups in total. The first-order valence-electron chi connectivity index (χ1n) is 7.23. The summed E-state index contributed by atoms with van der Waals surface area (Å²) in [5, 5.41) is 4.52. The smallest absolute Gasteiger partial charge is 0.127 e. The second-order valence-corrected chi connectivity index (χ2v) is 4.27. The molecule has 0 spiro atoms. The highest BCUT2D eigenvalue weighted by Gasteiger charge is 2.06. The number of rotatable bonds is 5. The number of methoxy groups -OCH3 is 1. The Balaban J connectivity index is 0.000000956. The number of unbranched alkanes of at least 4 members (excludes halogenated alkanes) is 1. The Morgan fingerprint density at radius 2 is 1.85 bits per heavy atom. The van der Waals surface area contributed by atoms with Crippen molar-refractivity contribution < 1.29 is 4.74 Å². The van der Waals surface area contributed by atoms with Crippen LogP contribution in [-0.4, -0.2) is 16.9 Å². The molecule has 2 rings (SSSR count). The lowest BCUT2D eigenvalue weighted by Crippen LogP contribution is -2.01. The molecular weight excluding hydrogens is 250 g/mol. The van der Waals surface area contributed by atoms with Gasteiger partial charge in [-0.15, -0.1) is 0 Å². The number of nitrogen functional groups attached to an aromatic ring is 1. The molecule has 0 saturated heterocycles. The van der Waals surface area contributed by atoms with Gasteiger partial charge in [0.05, 0.1) is 18.5 Å². The van der Waals surface area contributed by atoms with Gasteiger partial charge in [0, 0.05) is 6.07 Å². The molecule has 20 heavy (non-hydrogen) atoms. The third kappa shape index (κ3) is 4.02. The second kappa shape index (κ2) is 8.25. The summed E-state index contributed by atoms with van der Waals surface area (Å²) in [7, 11) is 1.65. The van der Waals surface area contributed by atoms with Gasteiger partial charge in [0.25, 0.3) is 0 Å². The van der Waals surface area contributed by atoms with Gasteiger partial charge in [0.2, 0.25) is 0 Å². The van der Waals surface area contributed by atoms with Crippen LogP contribution < -0.4 is 10.5 Å². The van der Waals surface area contributed by atoms with Crippen molar-refractivity contribution in [1.29, 1.82) is 0 Å². The molecule has 0 radical (unpaired) electrons. The van der Waals surface area contributed by atoms with Crippen LogP contribution in [-0.2, 0) is 6.42 Å². The van der Waals surface area contributed by atoms with Crippen molar-refractivity contribution in [1.82, 2.24) is 9.78 Å². The molecule has 0 saturated carbocycles. The van der Waals surface area contributed by atoms with Gasteiger partial charge in [-0.3, -0.25) is 0 Å². The SMILES string of the molecule is CC.CCCCc1cc(N)n(-c2ccc(OC)cc2)n1. The van der Waals surface area contributed by atoms with E-state index in [1.165, 1.54) is 0 Å². The second-order valence-electron chi connectivity index (χ2n) is 4.27. The van der Waals surface area contributed by atoms with Crippen LogP contribution in [0.15, 0.2) is 30.3 Å². The summed E-state index contributed by atoms with van der Waals surface area (Å²) in [6, 6.07) is 9.65. The molecular formula is C16H25N3O. The van der Waals surface area contributed by atoms with Crippen molar-refractivity contribution in [2.45, 2.75) is 40.0 Å². The van der Waals surface area contributed by atoms with Gasteiger partial charge in [-0.05, 0) is 37.1 Å². The molecule has 110 valence electrons. The average molecular weight is 275 g/mol. The Morgan fingerprint density at radius 1 is 1.20 bits per heavy atom. The number of aryl methyl sites for hydroxylation is 1. The van der Waals surface area contributed by atoms with Crippen molar-refractivity contribution >= 4 is 5.82 Å². The summed E-state index contributed by atoms with van der Waals surface area (Å²) < 4.78 is 6.90. The summed E-state index contributed by atoms with van der Waals surface area (Å²) in [6.07, 6.45) is 3.28. The van der Waals surface area contributed by atoms with Crippen LogP contribution in [0, 0.1) is 0 Å². The lowest BCUT2D eigenvalue weighted by atomic mass is 10.2. The quantitative estimate of drug-likeness (QED) is 0.902. The van der Waals surface area contributed by atoms with Crippen LogP contribution in [0.4, 0.5) is 5.82 Å². The summed E-state index contributed by atoms with van der Waals surface area (Å²) in [6.45, 7) is 6.17. The molecule has 0 unspecified atom stereocenters. The number of aromatic nitrogens is 2. The monoisotopic (exact) mass is 275 g/mol. The fourth-order valence-corrected chi connectivity index (χ4v) is 1.86. The molecule has 0 fully saturated rings. The first-order valence-corrected chi connectivity index (χ1v) is 7.23. The van der Waals surface area contributed by atoms with E-state index in [0.29, 0.717) is 5.82 Å². The number of ether oxygens (including phenoxy) is 1. The van der Waals surface area contributed by atoms with Gasteiger partial charge >= 0.3 is 0 Å². The molecule has 0 amide bonds. The highest BCUT2D eigenvalue weighted by Crippen LogP contribution is 2.18. The first-order chi connectivity index (χ1) is 9.74. The van der Waals surface area contributed by atoms with E-state index in [-0.39, 0.29) is 0 Å². The first kappa shape index (κ1) is 16.1. The topological polar surface area (TPSA) is 53.1 Å². The molecule has 0 atom stereocenters. The fraction of sp³-hybridized carbons (Fsp3) is 0.438. The molecule has 0 aliphatic rings. The van der Waals surface area contributed by atoms with Gasteiger partial charge in [-0.1, -0.05) is 27.2 Å². The van der Waals surface area contributed by atoms with E-state index in [9.17, 15) is 0 Å². The maximum atomic E-state index is 5.98. The van der Waals surface area contributed by atoms with Gasteiger partial charge in [-0.25, -0.2) is 4.68 Å². The molecule has 1 aromatic heterocycles. The zero-order chi connectivity index (χ0) is 15.0. The van der Waals surface area contributed by atoms with Crippen molar-refractivity contribution in [2.24, 2.45) is 0 Å². The lowest BCUT2D eigenvalue weighted by molar-refractivity contribution is 0.414. The fourth-order valence-electron chi connectivity index (χ4n) is 1.86. The highest BCUT2D eigenvalue weighted by atomic mass is 16.5. The Bertz CT molecular complexity index is 503. The van der Waals surface area contributed by atoms with Gasteiger partial charge in [0.1, 0.15) is 11.6 Å². The Labute approximate surface area is 121 Å². The van der Waals surface area contributed by atoms with Crippen LogP contribution in [0.2, 0.25) is 0 Å². The van der Waals surface area contributed by atoms with Crippen LogP contribution in [0.1, 0.15) is 39.3 Å². The van der Waals surface area contributed by atoms with Crippen LogP contribution in [0.5, 0.6) is 5.75 Å². The third-order valence-electron chi connectivity index (χ3n) is 2.89. The van der Waals surface area contributed by atoms with E-state index in [0.717, 1.165) is 36.4 Å². The molecule has 1 heterocycles. The summed E-state index contributed by atoms with van der Waals surface area (Å²) in [4.78, 5) is 0. The van der Waals surface area contributed by atoms with Gasteiger partial charge in [0.15, 0.2) is 0 Å². The minimum absolute atomic E-state index is 0.672. The van der Waals surface area contributed by atoms with Gasteiger partial charge < -0.3 is 10.5 Å². The minimum Gasteiger partial charge on any atom is -0.497 e. The van der Waals surface area contributed by atoms with Crippen LogP contribution >= 0.6 is 0 Å². The van der Waals surface area contributed by atoms with E-state index >= 15 is 0 Å². The molecule has 2 aromatic rings. The standard InChI is InChI=1S/C14H19N3O.C2H6/c1-3-4-5-11-10-14(15)17(16-11)12-6-8-13(18-2)9-7-12;1-2/h6-10H,3-5,15H2,1-2H3;1-2H3. The predicted octanol–water partition coefficient (Wildman–Crippen LogP) is 3.83. The Kier molecular flexibility index (Phi) is 6.64. The maximum absolute atomic E-state index is 5.98. The number of anilines is 1. The minimum atomic E-state index is 0.672. The van der Waals surface area contributed by atoms with Crippen molar-refractivity contribution in [3.8, 4) is 11.4 Å². The van der Waals surface area contributed by atoms with Gasteiger partial charge in [-0.2, -0.15) is 5.10 Å². The van der Waals surface area contributed by atoms with Crippen molar-refractivity contribution in [2.75, 3.05) is 12.8 Å². The third-order valence-corrected chi connectivity index (χ3v) is 2.89. The Hall–Kier alpha value is -1.97. The maximum Gasteiger partial charge on any atom is 0.127 e. The largest absolute Gasteiger partial charge is 0.497 e. The summed E-state index contributed by atoms with van der Waals surface area (Å²) >= 11 is 0. The zero-order valence-electron chi connectivity index (χ0n) is 12.9. The highest BCUT2D eigenvalue weighted by molar-refractivity contribution is 5.44. The summed E-state index contributed by atoms with van der Waals surface area (Å²) in [5.74, 6) is 1.50. The predicted molar refractivity (Wildman–Crippen MR) is 84.5 cm³/mol. The van der Waals surface area contributed by atoms with E-state index < -0.39 is 0 Å².